The summed E-state index contributed by atoms with van der Waals surface area (Å²) in [4.78, 5) is 0. The van der Waals surface area contributed by atoms with Crippen LogP contribution in [0.1, 0.15) is 110 Å². The number of aryl methyl sites for hydroxylation is 2. The average molecular weight is 863 g/mol. The summed E-state index contributed by atoms with van der Waals surface area (Å²) < 4.78 is 108. The van der Waals surface area contributed by atoms with E-state index in [1.54, 1.807) is 71.8 Å². The second-order valence-electron chi connectivity index (χ2n) is 17.2. The number of ether oxygens (including phenoxy) is 4. The SMILES string of the molecule is COC1(c2ccc(F)cc2)CCC(Oc2ccn3c([C@@H]4CC4(F)F)nnc3c2C)CC1.COC1(c2ccc(F)cc2)CCC(Oc2ccn3c([C@H]4CC4(F)F)nnc3c2C)CC1. The maximum atomic E-state index is 13.5. The molecule has 16 heteroatoms. The van der Waals surface area contributed by atoms with Crippen molar-refractivity contribution in [2.45, 2.75) is 125 Å². The highest BCUT2D eigenvalue weighted by atomic mass is 19.3. The second kappa shape index (κ2) is 15.8. The molecule has 2 aromatic carbocycles. The van der Waals surface area contributed by atoms with Crippen molar-refractivity contribution in [3.05, 3.63) is 119 Å². The third-order valence-electron chi connectivity index (χ3n) is 13.5. The minimum absolute atomic E-state index is 0.0000283. The molecule has 2 atom stereocenters. The minimum Gasteiger partial charge on any atom is -0.490 e. The normalized spacial score (nSPS) is 27.4. The van der Waals surface area contributed by atoms with E-state index in [1.807, 2.05) is 13.8 Å². The first-order chi connectivity index (χ1) is 29.7. The molecule has 4 aromatic heterocycles. The number of rotatable bonds is 10. The minimum atomic E-state index is -2.69. The molecule has 0 N–H and O–H groups in total. The maximum Gasteiger partial charge on any atom is 0.259 e. The van der Waals surface area contributed by atoms with Crippen LogP contribution in [0.5, 0.6) is 11.5 Å². The van der Waals surface area contributed by atoms with Gasteiger partial charge in [-0.05, 0) is 113 Å². The fourth-order valence-electron chi connectivity index (χ4n) is 9.32. The van der Waals surface area contributed by atoms with E-state index in [-0.39, 0.29) is 36.7 Å². The van der Waals surface area contributed by atoms with Gasteiger partial charge in [-0.25, -0.2) is 26.3 Å². The fraction of sp³-hybridized carbons (Fsp3) is 0.478. The van der Waals surface area contributed by atoms with Gasteiger partial charge >= 0.3 is 0 Å². The summed E-state index contributed by atoms with van der Waals surface area (Å²) in [7, 11) is 3.38. The zero-order valence-electron chi connectivity index (χ0n) is 34.9. The Balaban J connectivity index is 0.000000158. The van der Waals surface area contributed by atoms with E-state index in [9.17, 15) is 26.3 Å². The molecule has 0 spiro atoms. The van der Waals surface area contributed by atoms with Crippen LogP contribution in [0.4, 0.5) is 26.3 Å². The number of fused-ring (bicyclic) bond motifs is 2. The van der Waals surface area contributed by atoms with E-state index < -0.39 is 34.9 Å². The number of benzene rings is 2. The Bertz CT molecular complexity index is 2390. The zero-order chi connectivity index (χ0) is 43.6. The van der Waals surface area contributed by atoms with Crippen LogP contribution in [-0.4, -0.2) is 67.5 Å². The Kier molecular flexibility index (Phi) is 10.8. The highest BCUT2D eigenvalue weighted by Gasteiger charge is 2.61. The lowest BCUT2D eigenvalue weighted by Gasteiger charge is -2.39. The van der Waals surface area contributed by atoms with Crippen LogP contribution in [0, 0.1) is 25.5 Å². The van der Waals surface area contributed by atoms with Crippen molar-refractivity contribution in [3.63, 3.8) is 0 Å². The van der Waals surface area contributed by atoms with E-state index in [0.29, 0.717) is 34.4 Å². The standard InChI is InChI=1S/2C23H24F3N3O2/c2*1-14-19(9-12-29-20(14)27-28-21(29)18-13-23(18,25)26)31-17-7-10-22(30-2,11-8-17)15-3-5-16(24)6-4-15/h2*3-6,9,12,17-18H,7-8,10-11,13H2,1-2H3/t2*17?,18-,22?/m10/s1. The number of hydrogen-bond acceptors (Lipinski definition) is 8. The number of pyridine rings is 2. The van der Waals surface area contributed by atoms with E-state index in [4.69, 9.17) is 18.9 Å². The number of halogens is 6. The van der Waals surface area contributed by atoms with Gasteiger partial charge in [0.2, 0.25) is 0 Å². The number of alkyl halides is 4. The van der Waals surface area contributed by atoms with Crippen LogP contribution in [0.3, 0.4) is 0 Å². The summed E-state index contributed by atoms with van der Waals surface area (Å²) in [6.07, 6.45) is 9.21. The molecule has 62 heavy (non-hydrogen) atoms. The molecule has 4 heterocycles. The van der Waals surface area contributed by atoms with E-state index >= 15 is 0 Å². The van der Waals surface area contributed by atoms with E-state index in [2.05, 4.69) is 20.4 Å². The summed E-state index contributed by atoms with van der Waals surface area (Å²) in [6, 6.07) is 16.6. The topological polar surface area (TPSA) is 97.3 Å². The molecule has 0 radical (unpaired) electrons. The van der Waals surface area contributed by atoms with Gasteiger partial charge in [0.15, 0.2) is 11.3 Å². The highest BCUT2D eigenvalue weighted by molar-refractivity contribution is 5.55. The smallest absolute Gasteiger partial charge is 0.259 e. The number of methoxy groups -OCH3 is 2. The number of nitrogens with zero attached hydrogens (tertiary/aromatic N) is 6. The van der Waals surface area contributed by atoms with Gasteiger partial charge in [-0.15, -0.1) is 20.4 Å². The Morgan fingerprint density at radius 3 is 1.18 bits per heavy atom. The lowest BCUT2D eigenvalue weighted by atomic mass is 9.78. The van der Waals surface area contributed by atoms with Crippen LogP contribution in [-0.2, 0) is 20.7 Å². The van der Waals surface area contributed by atoms with Gasteiger partial charge in [0, 0.05) is 50.6 Å². The molecule has 4 aliphatic rings. The molecule has 0 aliphatic heterocycles. The van der Waals surface area contributed by atoms with Crippen molar-refractivity contribution in [1.29, 1.82) is 0 Å². The van der Waals surface area contributed by atoms with Gasteiger partial charge in [0.25, 0.3) is 11.8 Å². The molecule has 6 aromatic rings. The van der Waals surface area contributed by atoms with Crippen molar-refractivity contribution in [1.82, 2.24) is 29.2 Å². The van der Waals surface area contributed by atoms with E-state index in [1.165, 1.54) is 24.3 Å². The Labute approximate surface area is 354 Å². The fourth-order valence-corrected chi connectivity index (χ4v) is 9.32. The molecule has 0 bridgehead atoms. The van der Waals surface area contributed by atoms with E-state index in [0.717, 1.165) is 73.6 Å². The molecule has 0 amide bonds. The molecule has 4 saturated carbocycles. The number of aromatic nitrogens is 6. The lowest BCUT2D eigenvalue weighted by molar-refractivity contribution is -0.0650. The second-order valence-corrected chi connectivity index (χ2v) is 17.2. The third kappa shape index (κ3) is 7.77. The first-order valence-electron chi connectivity index (χ1n) is 21.1. The van der Waals surface area contributed by atoms with Gasteiger partial charge < -0.3 is 18.9 Å². The van der Waals surface area contributed by atoms with Crippen molar-refractivity contribution in [3.8, 4) is 11.5 Å². The van der Waals surface area contributed by atoms with Gasteiger partial charge in [-0.3, -0.25) is 8.80 Å². The van der Waals surface area contributed by atoms with Gasteiger partial charge in [-0.1, -0.05) is 24.3 Å². The quantitative estimate of drug-likeness (QED) is 0.126. The Hall–Kier alpha value is -5.22. The van der Waals surface area contributed by atoms with Crippen molar-refractivity contribution < 1.29 is 45.3 Å². The first-order valence-corrected chi connectivity index (χ1v) is 21.1. The summed E-state index contributed by atoms with van der Waals surface area (Å²) in [5.41, 5.74) is 3.72. The molecule has 10 rings (SSSR count). The van der Waals surface area contributed by atoms with Crippen LogP contribution in [0.15, 0.2) is 73.1 Å². The third-order valence-corrected chi connectivity index (χ3v) is 13.5. The van der Waals surface area contributed by atoms with Crippen molar-refractivity contribution >= 4 is 11.3 Å². The van der Waals surface area contributed by atoms with Crippen molar-refractivity contribution in [2.75, 3.05) is 14.2 Å². The predicted octanol–water partition coefficient (Wildman–Crippen LogP) is 10.3. The zero-order valence-corrected chi connectivity index (χ0v) is 34.9. The monoisotopic (exact) mass is 862 g/mol. The summed E-state index contributed by atoms with van der Waals surface area (Å²) in [6.45, 7) is 3.74. The molecule has 328 valence electrons. The summed E-state index contributed by atoms with van der Waals surface area (Å²) in [5.74, 6) is -5.65. The van der Waals surface area contributed by atoms with Crippen LogP contribution >= 0.6 is 0 Å². The lowest BCUT2D eigenvalue weighted by Crippen LogP contribution is -2.37. The molecular weight excluding hydrogens is 815 g/mol. The predicted molar refractivity (Wildman–Crippen MR) is 216 cm³/mol. The maximum absolute atomic E-state index is 13.5. The average Bonchev–Trinajstić information content (AvgIpc) is 3.89. The van der Waals surface area contributed by atoms with Crippen molar-refractivity contribution in [2.24, 2.45) is 0 Å². The van der Waals surface area contributed by atoms with Crippen LogP contribution in [0.25, 0.3) is 11.3 Å². The molecule has 10 nitrogen and oxygen atoms in total. The van der Waals surface area contributed by atoms with Crippen LogP contribution < -0.4 is 9.47 Å². The Morgan fingerprint density at radius 1 is 0.532 bits per heavy atom. The summed E-state index contributed by atoms with van der Waals surface area (Å²) in [5, 5.41) is 16.3. The van der Waals surface area contributed by atoms with Gasteiger partial charge in [0.05, 0.1) is 35.2 Å². The molecule has 4 aliphatic carbocycles. The molecule has 0 unspecified atom stereocenters. The van der Waals surface area contributed by atoms with Gasteiger partial charge in [0.1, 0.15) is 34.8 Å². The Morgan fingerprint density at radius 2 is 0.871 bits per heavy atom. The largest absolute Gasteiger partial charge is 0.490 e. The number of hydrogen-bond donors (Lipinski definition) is 0. The first kappa shape index (κ1) is 42.1. The molecule has 0 saturated heterocycles. The molecular formula is C46H48F6N6O4. The highest BCUT2D eigenvalue weighted by Crippen LogP contribution is 2.56. The molecule has 4 fully saturated rings. The van der Waals surface area contributed by atoms with Crippen LogP contribution in [0.2, 0.25) is 0 Å². The summed E-state index contributed by atoms with van der Waals surface area (Å²) >= 11 is 0. The van der Waals surface area contributed by atoms with Gasteiger partial charge in [-0.2, -0.15) is 0 Å².